The fraction of sp³-hybridized carbons (Fsp3) is 0.133. The van der Waals surface area contributed by atoms with Crippen LogP contribution in [0.15, 0.2) is 55.4 Å². The van der Waals surface area contributed by atoms with Gasteiger partial charge in [0, 0.05) is 18.9 Å². The van der Waals surface area contributed by atoms with Gasteiger partial charge in [-0.05, 0) is 23.8 Å². The molecule has 0 saturated carbocycles. The van der Waals surface area contributed by atoms with Crippen molar-refractivity contribution in [2.24, 2.45) is 0 Å². The summed E-state index contributed by atoms with van der Waals surface area (Å²) in [5.41, 5.74) is 1.55. The predicted octanol–water partition coefficient (Wildman–Crippen LogP) is 2.51. The average molecular weight is 256 g/mol. The Bertz CT molecular complexity index is 547. The standard InChI is InChI=1S/C15H16N2O2/c1-2-9-19-14-6-4-3-5-13(14)15(18)17-11-12-7-8-16-10-12/h2-8,10,16H,1,9,11H2,(H,17,18). The Morgan fingerprint density at radius 1 is 1.37 bits per heavy atom. The molecule has 0 aliphatic heterocycles. The normalized spacial score (nSPS) is 9.89. The number of nitrogens with one attached hydrogen (secondary N) is 2. The Hall–Kier alpha value is -2.49. The highest BCUT2D eigenvalue weighted by molar-refractivity contribution is 5.96. The smallest absolute Gasteiger partial charge is 0.255 e. The molecule has 98 valence electrons. The Morgan fingerprint density at radius 3 is 2.95 bits per heavy atom. The largest absolute Gasteiger partial charge is 0.489 e. The van der Waals surface area contributed by atoms with Gasteiger partial charge in [0.1, 0.15) is 12.4 Å². The van der Waals surface area contributed by atoms with Gasteiger partial charge in [0.2, 0.25) is 0 Å². The van der Waals surface area contributed by atoms with Crippen molar-refractivity contribution in [2.75, 3.05) is 6.61 Å². The fourth-order valence-corrected chi connectivity index (χ4v) is 1.67. The van der Waals surface area contributed by atoms with Crippen molar-refractivity contribution in [2.45, 2.75) is 6.54 Å². The van der Waals surface area contributed by atoms with E-state index in [4.69, 9.17) is 4.74 Å². The molecular formula is C15H16N2O2. The molecule has 0 fully saturated rings. The van der Waals surface area contributed by atoms with Gasteiger partial charge in [-0.15, -0.1) is 0 Å². The van der Waals surface area contributed by atoms with Gasteiger partial charge in [-0.2, -0.15) is 0 Å². The van der Waals surface area contributed by atoms with Gasteiger partial charge in [0.15, 0.2) is 0 Å². The number of H-pyrrole nitrogens is 1. The quantitative estimate of drug-likeness (QED) is 0.780. The SMILES string of the molecule is C=CCOc1ccccc1C(=O)NCc1cc[nH]c1. The number of benzene rings is 1. The first-order valence-corrected chi connectivity index (χ1v) is 6.04. The summed E-state index contributed by atoms with van der Waals surface area (Å²) in [5.74, 6) is 0.412. The van der Waals surface area contributed by atoms with Crippen LogP contribution >= 0.6 is 0 Å². The van der Waals surface area contributed by atoms with Crippen LogP contribution in [0.5, 0.6) is 5.75 Å². The summed E-state index contributed by atoms with van der Waals surface area (Å²) in [6, 6.07) is 9.08. The molecule has 0 atom stereocenters. The lowest BCUT2D eigenvalue weighted by atomic mass is 10.2. The molecule has 4 heteroatoms. The number of rotatable bonds is 6. The van der Waals surface area contributed by atoms with Crippen molar-refractivity contribution in [1.29, 1.82) is 0 Å². The van der Waals surface area contributed by atoms with Gasteiger partial charge in [-0.1, -0.05) is 24.8 Å². The van der Waals surface area contributed by atoms with E-state index >= 15 is 0 Å². The van der Waals surface area contributed by atoms with Crippen LogP contribution in [0, 0.1) is 0 Å². The zero-order valence-corrected chi connectivity index (χ0v) is 10.6. The lowest BCUT2D eigenvalue weighted by molar-refractivity contribution is 0.0947. The van der Waals surface area contributed by atoms with Gasteiger partial charge in [-0.25, -0.2) is 0 Å². The molecule has 0 saturated heterocycles. The Labute approximate surface area is 112 Å². The van der Waals surface area contributed by atoms with E-state index in [0.717, 1.165) is 5.56 Å². The highest BCUT2D eigenvalue weighted by Crippen LogP contribution is 2.17. The molecule has 4 nitrogen and oxygen atoms in total. The molecule has 0 aliphatic rings. The summed E-state index contributed by atoms with van der Waals surface area (Å²) in [5, 5.41) is 2.85. The first-order valence-electron chi connectivity index (χ1n) is 6.04. The highest BCUT2D eigenvalue weighted by Gasteiger charge is 2.11. The van der Waals surface area contributed by atoms with Crippen LogP contribution in [0.25, 0.3) is 0 Å². The summed E-state index contributed by atoms with van der Waals surface area (Å²) >= 11 is 0. The number of aromatic amines is 1. The molecule has 19 heavy (non-hydrogen) atoms. The maximum Gasteiger partial charge on any atom is 0.255 e. The number of carbonyl (C=O) groups is 1. The number of carbonyl (C=O) groups excluding carboxylic acids is 1. The third kappa shape index (κ3) is 3.48. The van der Waals surface area contributed by atoms with Gasteiger partial charge in [0.05, 0.1) is 5.56 Å². The second-order valence-corrected chi connectivity index (χ2v) is 4.00. The second-order valence-electron chi connectivity index (χ2n) is 4.00. The van der Waals surface area contributed by atoms with E-state index in [1.54, 1.807) is 18.2 Å². The molecule has 2 rings (SSSR count). The number of ether oxygens (including phenoxy) is 1. The maximum absolute atomic E-state index is 12.1. The first kappa shape index (κ1) is 13.0. The van der Waals surface area contributed by atoms with Crippen LogP contribution in [0.2, 0.25) is 0 Å². The van der Waals surface area contributed by atoms with Crippen molar-refractivity contribution in [1.82, 2.24) is 10.3 Å². The van der Waals surface area contributed by atoms with Crippen molar-refractivity contribution >= 4 is 5.91 Å². The molecule has 0 spiro atoms. The molecule has 1 aromatic carbocycles. The Kier molecular flexibility index (Phi) is 4.39. The van der Waals surface area contributed by atoms with Gasteiger partial charge in [-0.3, -0.25) is 4.79 Å². The Balaban J connectivity index is 2.03. The Morgan fingerprint density at radius 2 is 2.21 bits per heavy atom. The third-order valence-electron chi connectivity index (χ3n) is 2.60. The third-order valence-corrected chi connectivity index (χ3v) is 2.60. The van der Waals surface area contributed by atoms with Crippen molar-refractivity contribution in [3.05, 3.63) is 66.5 Å². The molecule has 0 unspecified atom stereocenters. The summed E-state index contributed by atoms with van der Waals surface area (Å²) in [6.45, 7) is 4.45. The monoisotopic (exact) mass is 256 g/mol. The molecule has 2 N–H and O–H groups in total. The topological polar surface area (TPSA) is 54.1 Å². The van der Waals surface area contributed by atoms with E-state index in [9.17, 15) is 4.79 Å². The highest BCUT2D eigenvalue weighted by atomic mass is 16.5. The minimum Gasteiger partial charge on any atom is -0.489 e. The lowest BCUT2D eigenvalue weighted by Crippen LogP contribution is -2.23. The molecule has 1 amide bonds. The van der Waals surface area contributed by atoms with Gasteiger partial charge >= 0.3 is 0 Å². The number of para-hydroxylation sites is 1. The molecule has 2 aromatic rings. The molecule has 1 aromatic heterocycles. The van der Waals surface area contributed by atoms with Gasteiger partial charge < -0.3 is 15.0 Å². The van der Waals surface area contributed by atoms with Crippen LogP contribution in [0.4, 0.5) is 0 Å². The average Bonchev–Trinajstić information content (AvgIpc) is 2.96. The second kappa shape index (κ2) is 6.44. The number of amides is 1. The molecule has 0 aliphatic carbocycles. The van der Waals surface area contributed by atoms with Crippen LogP contribution < -0.4 is 10.1 Å². The minimum absolute atomic E-state index is 0.152. The van der Waals surface area contributed by atoms with E-state index in [0.29, 0.717) is 24.5 Å². The summed E-state index contributed by atoms with van der Waals surface area (Å²) in [6.07, 6.45) is 5.32. The van der Waals surface area contributed by atoms with E-state index in [2.05, 4.69) is 16.9 Å². The molecular weight excluding hydrogens is 240 g/mol. The van der Waals surface area contributed by atoms with E-state index in [1.807, 2.05) is 30.6 Å². The zero-order valence-electron chi connectivity index (χ0n) is 10.6. The minimum atomic E-state index is -0.152. The molecule has 0 bridgehead atoms. The number of hydrogen-bond donors (Lipinski definition) is 2. The fourth-order valence-electron chi connectivity index (χ4n) is 1.67. The van der Waals surface area contributed by atoms with E-state index in [-0.39, 0.29) is 5.91 Å². The molecule has 0 radical (unpaired) electrons. The van der Waals surface area contributed by atoms with Crippen molar-refractivity contribution in [3.8, 4) is 5.75 Å². The van der Waals surface area contributed by atoms with Crippen molar-refractivity contribution < 1.29 is 9.53 Å². The summed E-state index contributed by atoms with van der Waals surface area (Å²) in [7, 11) is 0. The van der Waals surface area contributed by atoms with Gasteiger partial charge in [0.25, 0.3) is 5.91 Å². The van der Waals surface area contributed by atoms with E-state index in [1.165, 1.54) is 0 Å². The van der Waals surface area contributed by atoms with E-state index < -0.39 is 0 Å². The van der Waals surface area contributed by atoms with Crippen LogP contribution in [-0.4, -0.2) is 17.5 Å². The first-order chi connectivity index (χ1) is 9.31. The van der Waals surface area contributed by atoms with Crippen LogP contribution in [0.1, 0.15) is 15.9 Å². The number of aromatic nitrogens is 1. The summed E-state index contributed by atoms with van der Waals surface area (Å²) in [4.78, 5) is 15.0. The molecule has 1 heterocycles. The van der Waals surface area contributed by atoms with Crippen molar-refractivity contribution in [3.63, 3.8) is 0 Å². The zero-order chi connectivity index (χ0) is 13.5. The predicted molar refractivity (Wildman–Crippen MR) is 74.1 cm³/mol. The lowest BCUT2D eigenvalue weighted by Gasteiger charge is -2.10. The van der Waals surface area contributed by atoms with Crippen LogP contribution in [0.3, 0.4) is 0 Å². The number of hydrogen-bond acceptors (Lipinski definition) is 2. The maximum atomic E-state index is 12.1. The van der Waals surface area contributed by atoms with Crippen LogP contribution in [-0.2, 0) is 6.54 Å². The summed E-state index contributed by atoms with van der Waals surface area (Å²) < 4.78 is 5.46.